The van der Waals surface area contributed by atoms with E-state index in [2.05, 4.69) is 6.92 Å². The van der Waals surface area contributed by atoms with Gasteiger partial charge in [0.05, 0.1) is 16.5 Å². The van der Waals surface area contributed by atoms with E-state index in [9.17, 15) is 8.42 Å². The first-order valence-corrected chi connectivity index (χ1v) is 7.91. The van der Waals surface area contributed by atoms with Gasteiger partial charge >= 0.3 is 0 Å². The van der Waals surface area contributed by atoms with E-state index in [1.54, 1.807) is 22.5 Å². The maximum atomic E-state index is 12.6. The van der Waals surface area contributed by atoms with Crippen LogP contribution in [0.15, 0.2) is 29.2 Å². The van der Waals surface area contributed by atoms with E-state index in [0.29, 0.717) is 18.0 Å². The van der Waals surface area contributed by atoms with Crippen LogP contribution in [0.3, 0.4) is 0 Å². The van der Waals surface area contributed by atoms with Crippen molar-refractivity contribution in [3.63, 3.8) is 0 Å². The van der Waals surface area contributed by atoms with Gasteiger partial charge in [0, 0.05) is 12.6 Å². The Morgan fingerprint density at radius 3 is 2.74 bits per heavy atom. The number of piperidine rings is 1. The van der Waals surface area contributed by atoms with Crippen LogP contribution >= 0.6 is 0 Å². The van der Waals surface area contributed by atoms with E-state index in [1.165, 1.54) is 6.07 Å². The Morgan fingerprint density at radius 2 is 2.11 bits per heavy atom. The average molecular weight is 278 g/mol. The van der Waals surface area contributed by atoms with Gasteiger partial charge in [0.25, 0.3) is 0 Å². The van der Waals surface area contributed by atoms with Crippen molar-refractivity contribution in [1.82, 2.24) is 4.31 Å². The Morgan fingerprint density at radius 1 is 1.37 bits per heavy atom. The quantitative estimate of drug-likeness (QED) is 0.834. The smallest absolute Gasteiger partial charge is 0.207 e. The van der Waals surface area contributed by atoms with Crippen molar-refractivity contribution < 1.29 is 8.42 Å². The number of hydrogen-bond donors (Lipinski definition) is 0. The molecule has 0 aromatic heterocycles. The highest BCUT2D eigenvalue weighted by Gasteiger charge is 2.33. The molecule has 5 heteroatoms. The van der Waals surface area contributed by atoms with Crippen LogP contribution in [0.5, 0.6) is 0 Å². The second-order valence-corrected chi connectivity index (χ2v) is 7.12. The van der Waals surface area contributed by atoms with Gasteiger partial charge in [-0.15, -0.1) is 0 Å². The first kappa shape index (κ1) is 14.0. The lowest BCUT2D eigenvalue weighted by Crippen LogP contribution is -2.44. The van der Waals surface area contributed by atoms with Crippen molar-refractivity contribution in [3.05, 3.63) is 29.8 Å². The van der Waals surface area contributed by atoms with Gasteiger partial charge in [0.2, 0.25) is 10.0 Å². The summed E-state index contributed by atoms with van der Waals surface area (Å²) in [5.41, 5.74) is 0.374. The zero-order valence-corrected chi connectivity index (χ0v) is 12.0. The summed E-state index contributed by atoms with van der Waals surface area (Å²) >= 11 is 0. The number of benzene rings is 1. The topological polar surface area (TPSA) is 61.2 Å². The Hall–Kier alpha value is -1.38. The van der Waals surface area contributed by atoms with Gasteiger partial charge in [-0.2, -0.15) is 9.57 Å². The molecule has 102 valence electrons. The molecule has 1 aliphatic heterocycles. The zero-order chi connectivity index (χ0) is 14.0. The van der Waals surface area contributed by atoms with Crippen LogP contribution in [0.1, 0.15) is 32.3 Å². The van der Waals surface area contributed by atoms with Gasteiger partial charge in [-0.3, -0.25) is 0 Å². The van der Waals surface area contributed by atoms with Gasteiger partial charge in [0.1, 0.15) is 0 Å². The van der Waals surface area contributed by atoms with Gasteiger partial charge < -0.3 is 0 Å². The largest absolute Gasteiger partial charge is 0.243 e. The predicted octanol–water partition coefficient (Wildman–Crippen LogP) is 2.37. The number of hydrogen-bond acceptors (Lipinski definition) is 3. The minimum absolute atomic E-state index is 0.0134. The van der Waals surface area contributed by atoms with E-state index >= 15 is 0 Å². The van der Waals surface area contributed by atoms with Crippen LogP contribution < -0.4 is 0 Å². The molecule has 1 fully saturated rings. The molecule has 1 aliphatic rings. The highest BCUT2D eigenvalue weighted by molar-refractivity contribution is 7.89. The van der Waals surface area contributed by atoms with Crippen molar-refractivity contribution in [3.8, 4) is 6.07 Å². The van der Waals surface area contributed by atoms with Crippen LogP contribution in [0.25, 0.3) is 0 Å². The molecule has 2 unspecified atom stereocenters. The van der Waals surface area contributed by atoms with Gasteiger partial charge in [-0.1, -0.05) is 13.0 Å². The van der Waals surface area contributed by atoms with Crippen molar-refractivity contribution in [1.29, 1.82) is 5.26 Å². The Bertz CT molecular complexity index is 604. The normalized spacial score (nSPS) is 24.9. The van der Waals surface area contributed by atoms with Crippen LogP contribution in [0, 0.1) is 17.2 Å². The summed E-state index contributed by atoms with van der Waals surface area (Å²) in [4.78, 5) is 0.216. The van der Waals surface area contributed by atoms with E-state index in [4.69, 9.17) is 5.26 Å². The van der Waals surface area contributed by atoms with E-state index in [0.717, 1.165) is 12.8 Å². The third kappa shape index (κ3) is 2.80. The molecule has 0 radical (unpaired) electrons. The van der Waals surface area contributed by atoms with E-state index in [-0.39, 0.29) is 10.9 Å². The third-order valence-corrected chi connectivity index (χ3v) is 5.66. The molecule has 4 nitrogen and oxygen atoms in total. The summed E-state index contributed by atoms with van der Waals surface area (Å²) in [5.74, 6) is 0.562. The van der Waals surface area contributed by atoms with Crippen LogP contribution in [-0.2, 0) is 10.0 Å². The molecule has 0 N–H and O–H groups in total. The SMILES string of the molecule is CC1CCN(S(=O)(=O)c2cccc(C#N)c2)C(C)C1. The molecule has 0 saturated carbocycles. The second kappa shape index (κ2) is 5.32. The lowest BCUT2D eigenvalue weighted by atomic mass is 9.95. The fraction of sp³-hybridized carbons (Fsp3) is 0.500. The van der Waals surface area contributed by atoms with Crippen LogP contribution in [0.2, 0.25) is 0 Å². The predicted molar refractivity (Wildman–Crippen MR) is 72.9 cm³/mol. The van der Waals surface area contributed by atoms with E-state index in [1.807, 2.05) is 13.0 Å². The lowest BCUT2D eigenvalue weighted by molar-refractivity contribution is 0.220. The molecule has 0 spiro atoms. The maximum Gasteiger partial charge on any atom is 0.243 e. The van der Waals surface area contributed by atoms with Gasteiger partial charge in [-0.25, -0.2) is 8.42 Å². The second-order valence-electron chi connectivity index (χ2n) is 5.23. The van der Waals surface area contributed by atoms with Crippen molar-refractivity contribution in [2.75, 3.05) is 6.54 Å². The molecule has 1 aromatic rings. The molecule has 1 heterocycles. The summed E-state index contributed by atoms with van der Waals surface area (Å²) in [6.07, 6.45) is 1.78. The number of rotatable bonds is 2. The third-order valence-electron chi connectivity index (χ3n) is 3.65. The fourth-order valence-corrected chi connectivity index (χ4v) is 4.31. The maximum absolute atomic E-state index is 12.6. The zero-order valence-electron chi connectivity index (χ0n) is 11.2. The van der Waals surface area contributed by atoms with Gasteiger partial charge in [0.15, 0.2) is 0 Å². The van der Waals surface area contributed by atoms with Crippen molar-refractivity contribution >= 4 is 10.0 Å². The standard InChI is InChI=1S/C14H18N2O2S/c1-11-6-7-16(12(2)8-11)19(17,18)14-5-3-4-13(9-14)10-15/h3-5,9,11-12H,6-8H2,1-2H3. The molecule has 0 bridgehead atoms. The molecule has 1 saturated heterocycles. The lowest BCUT2D eigenvalue weighted by Gasteiger charge is -2.35. The monoisotopic (exact) mass is 278 g/mol. The minimum atomic E-state index is -3.49. The Balaban J connectivity index is 2.34. The summed E-state index contributed by atoms with van der Waals surface area (Å²) in [6, 6.07) is 8.22. The van der Waals surface area contributed by atoms with Crippen LogP contribution in [-0.4, -0.2) is 25.3 Å². The summed E-state index contributed by atoms with van der Waals surface area (Å²) < 4.78 is 26.7. The number of sulfonamides is 1. The highest BCUT2D eigenvalue weighted by Crippen LogP contribution is 2.28. The molecule has 2 rings (SSSR count). The molecular weight excluding hydrogens is 260 g/mol. The number of nitriles is 1. The average Bonchev–Trinajstić information content (AvgIpc) is 2.38. The fourth-order valence-electron chi connectivity index (χ4n) is 2.60. The Kier molecular flexibility index (Phi) is 3.93. The summed E-state index contributed by atoms with van der Waals surface area (Å²) in [7, 11) is -3.49. The van der Waals surface area contributed by atoms with Gasteiger partial charge in [-0.05, 0) is 43.9 Å². The summed E-state index contributed by atoms with van der Waals surface area (Å²) in [6.45, 7) is 4.65. The first-order chi connectivity index (χ1) is 8.95. The molecule has 19 heavy (non-hydrogen) atoms. The Labute approximate surface area is 114 Å². The minimum Gasteiger partial charge on any atom is -0.207 e. The number of nitrogens with zero attached hydrogens (tertiary/aromatic N) is 2. The molecule has 0 aliphatic carbocycles. The highest BCUT2D eigenvalue weighted by atomic mass is 32.2. The van der Waals surface area contributed by atoms with Crippen molar-refractivity contribution in [2.45, 2.75) is 37.6 Å². The molecule has 1 aromatic carbocycles. The van der Waals surface area contributed by atoms with Crippen LogP contribution in [0.4, 0.5) is 0 Å². The van der Waals surface area contributed by atoms with Crippen molar-refractivity contribution in [2.24, 2.45) is 5.92 Å². The molecular formula is C14H18N2O2S. The molecule has 2 atom stereocenters. The van der Waals surface area contributed by atoms with E-state index < -0.39 is 10.0 Å². The summed E-state index contributed by atoms with van der Waals surface area (Å²) in [5, 5.41) is 8.87. The first-order valence-electron chi connectivity index (χ1n) is 6.47. The molecule has 0 amide bonds.